The average Bonchev–Trinajstić information content (AvgIpc) is 2.77. The normalized spacial score (nSPS) is 17.2. The van der Waals surface area contributed by atoms with Gasteiger partial charge < -0.3 is 4.74 Å². The predicted octanol–water partition coefficient (Wildman–Crippen LogP) is 4.34. The van der Waals surface area contributed by atoms with E-state index in [2.05, 4.69) is 12.1 Å². The van der Waals surface area contributed by atoms with Crippen molar-refractivity contribution in [2.45, 2.75) is 32.8 Å². The summed E-state index contributed by atoms with van der Waals surface area (Å²) in [5.41, 5.74) is 2.01. The van der Waals surface area contributed by atoms with Gasteiger partial charge in [-0.3, -0.25) is 4.79 Å². The molecule has 0 spiro atoms. The average molecular weight is 272 g/mol. The molecule has 1 aliphatic carbocycles. The van der Waals surface area contributed by atoms with E-state index in [0.29, 0.717) is 0 Å². The molecular formula is C16H16O2S. The standard InChI is InChI=1S/C16H16O2S/c1-10(2)18-9-11-7-8-13-12-5-3-4-6-14(12)19-16(13)15(11)17/h3-6,9-10H,7-8H2,1-2H3/b11-9+. The van der Waals surface area contributed by atoms with E-state index < -0.39 is 0 Å². The first-order valence-electron chi connectivity index (χ1n) is 6.56. The molecule has 1 aromatic heterocycles. The van der Waals surface area contributed by atoms with Crippen molar-refractivity contribution in [1.82, 2.24) is 0 Å². The van der Waals surface area contributed by atoms with Gasteiger partial charge in [0.1, 0.15) is 0 Å². The maximum Gasteiger partial charge on any atom is 0.202 e. The largest absolute Gasteiger partial charge is 0.498 e. The molecule has 3 rings (SSSR count). The number of rotatable bonds is 2. The molecule has 0 unspecified atom stereocenters. The molecule has 98 valence electrons. The number of carbonyl (C=O) groups excluding carboxylic acids is 1. The zero-order chi connectivity index (χ0) is 13.4. The van der Waals surface area contributed by atoms with Gasteiger partial charge in [-0.15, -0.1) is 11.3 Å². The van der Waals surface area contributed by atoms with Gasteiger partial charge in [0.2, 0.25) is 5.78 Å². The Morgan fingerprint density at radius 3 is 2.84 bits per heavy atom. The van der Waals surface area contributed by atoms with Crippen molar-refractivity contribution in [3.05, 3.63) is 46.5 Å². The Morgan fingerprint density at radius 2 is 2.05 bits per heavy atom. The van der Waals surface area contributed by atoms with E-state index in [0.717, 1.165) is 23.3 Å². The van der Waals surface area contributed by atoms with Crippen molar-refractivity contribution >= 4 is 27.2 Å². The number of carbonyl (C=O) groups is 1. The summed E-state index contributed by atoms with van der Waals surface area (Å²) in [6.45, 7) is 3.93. The van der Waals surface area contributed by atoms with E-state index in [1.807, 2.05) is 26.0 Å². The monoisotopic (exact) mass is 272 g/mol. The Labute approximate surface area is 116 Å². The number of ketones is 1. The van der Waals surface area contributed by atoms with E-state index in [1.165, 1.54) is 15.6 Å². The number of hydrogen-bond donors (Lipinski definition) is 0. The van der Waals surface area contributed by atoms with Gasteiger partial charge in [0, 0.05) is 10.3 Å². The summed E-state index contributed by atoms with van der Waals surface area (Å²) in [5.74, 6) is 0.142. The van der Waals surface area contributed by atoms with Crippen LogP contribution < -0.4 is 0 Å². The number of fused-ring (bicyclic) bond motifs is 3. The number of thiophene rings is 1. The van der Waals surface area contributed by atoms with Crippen molar-refractivity contribution in [2.75, 3.05) is 0 Å². The highest BCUT2D eigenvalue weighted by molar-refractivity contribution is 7.21. The summed E-state index contributed by atoms with van der Waals surface area (Å²) in [6, 6.07) is 8.25. The molecule has 0 radical (unpaired) electrons. The van der Waals surface area contributed by atoms with Crippen LogP contribution in [0.25, 0.3) is 10.1 Å². The predicted molar refractivity (Wildman–Crippen MR) is 78.8 cm³/mol. The summed E-state index contributed by atoms with van der Waals surface area (Å²) in [4.78, 5) is 13.4. The quantitative estimate of drug-likeness (QED) is 0.600. The van der Waals surface area contributed by atoms with E-state index in [1.54, 1.807) is 17.6 Å². The Balaban J connectivity index is 2.02. The molecule has 0 N–H and O–H groups in total. The van der Waals surface area contributed by atoms with Gasteiger partial charge in [0.15, 0.2) is 0 Å². The minimum absolute atomic E-state index is 0.115. The van der Waals surface area contributed by atoms with Gasteiger partial charge in [-0.05, 0) is 43.7 Å². The first kappa shape index (κ1) is 12.4. The summed E-state index contributed by atoms with van der Waals surface area (Å²) >= 11 is 1.60. The van der Waals surface area contributed by atoms with Crippen molar-refractivity contribution in [1.29, 1.82) is 0 Å². The molecular weight excluding hydrogens is 256 g/mol. The third-order valence-electron chi connectivity index (χ3n) is 3.32. The highest BCUT2D eigenvalue weighted by atomic mass is 32.1. The third-order valence-corrected chi connectivity index (χ3v) is 4.53. The van der Waals surface area contributed by atoms with Gasteiger partial charge in [-0.2, -0.15) is 0 Å². The highest BCUT2D eigenvalue weighted by Gasteiger charge is 2.26. The summed E-state index contributed by atoms with van der Waals surface area (Å²) < 4.78 is 6.66. The first-order valence-corrected chi connectivity index (χ1v) is 7.38. The molecule has 1 heterocycles. The lowest BCUT2D eigenvalue weighted by atomic mass is 9.92. The summed E-state index contributed by atoms with van der Waals surface area (Å²) in [7, 11) is 0. The molecule has 2 aromatic rings. The minimum atomic E-state index is 0.115. The molecule has 0 atom stereocenters. The number of allylic oxidation sites excluding steroid dienone is 1. The van der Waals surface area contributed by atoms with Crippen LogP contribution in [-0.4, -0.2) is 11.9 Å². The molecule has 19 heavy (non-hydrogen) atoms. The fourth-order valence-corrected chi connectivity index (χ4v) is 3.61. The van der Waals surface area contributed by atoms with Gasteiger partial charge >= 0.3 is 0 Å². The molecule has 3 heteroatoms. The van der Waals surface area contributed by atoms with Crippen molar-refractivity contribution < 1.29 is 9.53 Å². The number of aryl methyl sites for hydroxylation is 1. The fourth-order valence-electron chi connectivity index (χ4n) is 2.38. The van der Waals surface area contributed by atoms with Crippen LogP contribution >= 0.6 is 11.3 Å². The maximum atomic E-state index is 12.5. The van der Waals surface area contributed by atoms with Crippen molar-refractivity contribution in [3.63, 3.8) is 0 Å². The Morgan fingerprint density at radius 1 is 1.26 bits per heavy atom. The van der Waals surface area contributed by atoms with E-state index in [-0.39, 0.29) is 11.9 Å². The van der Waals surface area contributed by atoms with Crippen LogP contribution in [0, 0.1) is 0 Å². The molecule has 1 aromatic carbocycles. The molecule has 0 amide bonds. The zero-order valence-electron chi connectivity index (χ0n) is 11.1. The molecule has 1 aliphatic rings. The van der Waals surface area contributed by atoms with Gasteiger partial charge in [-0.1, -0.05) is 18.2 Å². The van der Waals surface area contributed by atoms with Crippen LogP contribution in [0.1, 0.15) is 35.5 Å². The second-order valence-electron chi connectivity index (χ2n) is 5.06. The maximum absolute atomic E-state index is 12.5. The summed E-state index contributed by atoms with van der Waals surface area (Å²) in [5, 5.41) is 1.24. The lowest BCUT2D eigenvalue weighted by Crippen LogP contribution is -2.12. The molecule has 2 nitrogen and oxygen atoms in total. The van der Waals surface area contributed by atoms with Gasteiger partial charge in [0.05, 0.1) is 17.2 Å². The Kier molecular flexibility index (Phi) is 3.15. The van der Waals surface area contributed by atoms with Gasteiger partial charge in [0.25, 0.3) is 0 Å². The number of ether oxygens (including phenoxy) is 1. The summed E-state index contributed by atoms with van der Waals surface area (Å²) in [6.07, 6.45) is 3.47. The van der Waals surface area contributed by atoms with Crippen LogP contribution in [0.2, 0.25) is 0 Å². The van der Waals surface area contributed by atoms with Crippen molar-refractivity contribution in [2.24, 2.45) is 0 Å². The van der Waals surface area contributed by atoms with Crippen LogP contribution in [-0.2, 0) is 11.2 Å². The van der Waals surface area contributed by atoms with Crippen LogP contribution in [0.4, 0.5) is 0 Å². The molecule has 0 aliphatic heterocycles. The SMILES string of the molecule is CC(C)O/C=C1\CCc2c(sc3ccccc23)C1=O. The van der Waals surface area contributed by atoms with E-state index in [4.69, 9.17) is 4.74 Å². The fraction of sp³-hybridized carbons (Fsp3) is 0.312. The van der Waals surface area contributed by atoms with Crippen molar-refractivity contribution in [3.8, 4) is 0 Å². The zero-order valence-corrected chi connectivity index (χ0v) is 11.9. The first-order chi connectivity index (χ1) is 9.16. The molecule has 0 saturated heterocycles. The number of benzene rings is 1. The lowest BCUT2D eigenvalue weighted by Gasteiger charge is -2.14. The van der Waals surface area contributed by atoms with Crippen LogP contribution in [0.3, 0.4) is 0 Å². The van der Waals surface area contributed by atoms with Crippen LogP contribution in [0.5, 0.6) is 0 Å². The highest BCUT2D eigenvalue weighted by Crippen LogP contribution is 2.37. The van der Waals surface area contributed by atoms with Crippen LogP contribution in [0.15, 0.2) is 36.1 Å². The second-order valence-corrected chi connectivity index (χ2v) is 6.12. The topological polar surface area (TPSA) is 26.3 Å². The third kappa shape index (κ3) is 2.19. The van der Waals surface area contributed by atoms with Gasteiger partial charge in [-0.25, -0.2) is 0 Å². The van der Waals surface area contributed by atoms with E-state index >= 15 is 0 Å². The second kappa shape index (κ2) is 4.82. The number of hydrogen-bond acceptors (Lipinski definition) is 3. The minimum Gasteiger partial charge on any atom is -0.498 e. The molecule has 0 fully saturated rings. The Bertz CT molecular complexity index is 664. The molecule has 0 saturated carbocycles. The lowest BCUT2D eigenvalue weighted by molar-refractivity contribution is 0.101. The van der Waals surface area contributed by atoms with E-state index in [9.17, 15) is 4.79 Å². The molecule has 0 bridgehead atoms. The Hall–Kier alpha value is -1.61. The number of Topliss-reactive ketones (excluding diaryl/α,β-unsaturated/α-hetero) is 1. The smallest absolute Gasteiger partial charge is 0.202 e.